The Balaban J connectivity index is 1.91. The minimum Gasteiger partial charge on any atom is -0.338 e. The molecule has 94 valence electrons. The molecule has 1 aliphatic carbocycles. The van der Waals surface area contributed by atoms with Gasteiger partial charge in [0, 0.05) is 17.2 Å². The molecule has 2 N–H and O–H groups in total. The standard InChI is InChI=1S/C12H13BrN4O/c13-8-2-3-9(15-6-8)10-16-11(18-17-10)12(7-14)4-1-5-12/h2-3,6H,1,4-5,7,14H2. The first-order chi connectivity index (χ1) is 8.73. The Hall–Kier alpha value is -1.27. The minimum atomic E-state index is -0.0966. The van der Waals surface area contributed by atoms with Crippen LogP contribution in [0.15, 0.2) is 27.3 Å². The molecule has 0 atom stereocenters. The highest BCUT2D eigenvalue weighted by molar-refractivity contribution is 9.10. The van der Waals surface area contributed by atoms with Crippen LogP contribution in [-0.2, 0) is 5.41 Å². The van der Waals surface area contributed by atoms with Crippen LogP contribution in [0.25, 0.3) is 11.5 Å². The number of nitrogens with two attached hydrogens (primary N) is 1. The van der Waals surface area contributed by atoms with Crippen LogP contribution in [0.5, 0.6) is 0 Å². The van der Waals surface area contributed by atoms with E-state index in [9.17, 15) is 0 Å². The number of pyridine rings is 1. The Kier molecular flexibility index (Phi) is 2.91. The summed E-state index contributed by atoms with van der Waals surface area (Å²) in [5.74, 6) is 1.17. The van der Waals surface area contributed by atoms with Crippen LogP contribution in [0.4, 0.5) is 0 Å². The largest absolute Gasteiger partial charge is 0.338 e. The molecule has 1 fully saturated rings. The summed E-state index contributed by atoms with van der Waals surface area (Å²) in [4.78, 5) is 8.69. The van der Waals surface area contributed by atoms with Gasteiger partial charge in [-0.1, -0.05) is 11.6 Å². The van der Waals surface area contributed by atoms with Crippen molar-refractivity contribution in [3.05, 3.63) is 28.7 Å². The van der Waals surface area contributed by atoms with E-state index in [1.165, 1.54) is 6.42 Å². The summed E-state index contributed by atoms with van der Waals surface area (Å²) in [6.45, 7) is 0.558. The summed E-state index contributed by atoms with van der Waals surface area (Å²) in [5.41, 5.74) is 6.43. The second-order valence-corrected chi connectivity index (χ2v) is 5.54. The topological polar surface area (TPSA) is 77.8 Å². The van der Waals surface area contributed by atoms with Crippen molar-refractivity contribution in [1.29, 1.82) is 0 Å². The van der Waals surface area contributed by atoms with Gasteiger partial charge in [0.1, 0.15) is 5.69 Å². The minimum absolute atomic E-state index is 0.0966. The van der Waals surface area contributed by atoms with Crippen LogP contribution in [0.3, 0.4) is 0 Å². The Morgan fingerprint density at radius 3 is 2.78 bits per heavy atom. The Bertz CT molecular complexity index is 542. The van der Waals surface area contributed by atoms with Crippen LogP contribution in [0.1, 0.15) is 25.2 Å². The third-order valence-electron chi connectivity index (χ3n) is 3.54. The number of aromatic nitrogens is 3. The highest BCUT2D eigenvalue weighted by Crippen LogP contribution is 2.42. The van der Waals surface area contributed by atoms with E-state index < -0.39 is 0 Å². The maximum atomic E-state index is 5.82. The third-order valence-corrected chi connectivity index (χ3v) is 4.01. The molecule has 0 spiro atoms. The zero-order chi connectivity index (χ0) is 12.6. The molecule has 0 saturated heterocycles. The fourth-order valence-corrected chi connectivity index (χ4v) is 2.39. The smallest absolute Gasteiger partial charge is 0.234 e. The van der Waals surface area contributed by atoms with Crippen molar-refractivity contribution in [2.75, 3.05) is 6.54 Å². The van der Waals surface area contributed by atoms with Gasteiger partial charge in [-0.15, -0.1) is 0 Å². The fraction of sp³-hybridized carbons (Fsp3) is 0.417. The normalized spacial score (nSPS) is 17.4. The lowest BCUT2D eigenvalue weighted by Gasteiger charge is -2.36. The predicted molar refractivity (Wildman–Crippen MR) is 69.8 cm³/mol. The lowest BCUT2D eigenvalue weighted by molar-refractivity contribution is 0.182. The first-order valence-electron chi connectivity index (χ1n) is 5.90. The van der Waals surface area contributed by atoms with E-state index in [2.05, 4.69) is 31.1 Å². The second kappa shape index (κ2) is 4.44. The van der Waals surface area contributed by atoms with Gasteiger partial charge >= 0.3 is 0 Å². The van der Waals surface area contributed by atoms with Crippen LogP contribution < -0.4 is 5.73 Å². The van der Waals surface area contributed by atoms with E-state index in [1.54, 1.807) is 6.20 Å². The molecule has 6 heteroatoms. The van der Waals surface area contributed by atoms with E-state index >= 15 is 0 Å². The van der Waals surface area contributed by atoms with E-state index in [0.717, 1.165) is 17.3 Å². The zero-order valence-electron chi connectivity index (χ0n) is 9.77. The lowest BCUT2D eigenvalue weighted by atomic mass is 9.69. The summed E-state index contributed by atoms with van der Waals surface area (Å²) in [5, 5.41) is 3.99. The molecular weight excluding hydrogens is 296 g/mol. The maximum absolute atomic E-state index is 5.82. The van der Waals surface area contributed by atoms with Crippen molar-refractivity contribution in [2.24, 2.45) is 5.73 Å². The quantitative estimate of drug-likeness (QED) is 0.941. The summed E-state index contributed by atoms with van der Waals surface area (Å²) in [7, 11) is 0. The molecule has 0 amide bonds. The van der Waals surface area contributed by atoms with Gasteiger partial charge in [-0.2, -0.15) is 4.98 Å². The number of hydrogen-bond donors (Lipinski definition) is 1. The first-order valence-corrected chi connectivity index (χ1v) is 6.69. The molecular formula is C12H13BrN4O. The number of nitrogens with zero attached hydrogens (tertiary/aromatic N) is 3. The Morgan fingerprint density at radius 2 is 2.22 bits per heavy atom. The van der Waals surface area contributed by atoms with E-state index in [1.807, 2.05) is 12.1 Å². The SMILES string of the molecule is NCC1(c2nc(-c3ccc(Br)cn3)no2)CCC1. The van der Waals surface area contributed by atoms with Gasteiger partial charge < -0.3 is 10.3 Å². The highest BCUT2D eigenvalue weighted by Gasteiger charge is 2.42. The molecule has 0 radical (unpaired) electrons. The fourth-order valence-electron chi connectivity index (χ4n) is 2.16. The molecule has 1 saturated carbocycles. The summed E-state index contributed by atoms with van der Waals surface area (Å²) in [6, 6.07) is 3.76. The molecule has 2 aromatic heterocycles. The van der Waals surface area contributed by atoms with Crippen LogP contribution in [-0.4, -0.2) is 21.7 Å². The van der Waals surface area contributed by atoms with Crippen molar-refractivity contribution in [1.82, 2.24) is 15.1 Å². The van der Waals surface area contributed by atoms with Crippen molar-refractivity contribution in [3.63, 3.8) is 0 Å². The summed E-state index contributed by atoms with van der Waals surface area (Å²) < 4.78 is 6.28. The molecule has 5 nitrogen and oxygen atoms in total. The van der Waals surface area contributed by atoms with Gasteiger partial charge in [0.15, 0.2) is 0 Å². The van der Waals surface area contributed by atoms with E-state index in [4.69, 9.17) is 10.3 Å². The monoisotopic (exact) mass is 308 g/mol. The summed E-state index contributed by atoms with van der Waals surface area (Å²) >= 11 is 3.34. The van der Waals surface area contributed by atoms with Crippen molar-refractivity contribution >= 4 is 15.9 Å². The van der Waals surface area contributed by atoms with Crippen LogP contribution >= 0.6 is 15.9 Å². The molecule has 3 rings (SSSR count). The van der Waals surface area contributed by atoms with Crippen LogP contribution in [0.2, 0.25) is 0 Å². The van der Waals surface area contributed by atoms with E-state index in [-0.39, 0.29) is 5.41 Å². The number of halogens is 1. The zero-order valence-corrected chi connectivity index (χ0v) is 11.4. The predicted octanol–water partition coefficient (Wildman–Crippen LogP) is 2.27. The van der Waals surface area contributed by atoms with E-state index in [0.29, 0.717) is 24.0 Å². The molecule has 2 aromatic rings. The maximum Gasteiger partial charge on any atom is 0.234 e. The highest BCUT2D eigenvalue weighted by atomic mass is 79.9. The van der Waals surface area contributed by atoms with Crippen molar-refractivity contribution in [2.45, 2.75) is 24.7 Å². The van der Waals surface area contributed by atoms with Gasteiger partial charge in [-0.3, -0.25) is 4.98 Å². The Labute approximate surface area is 113 Å². The summed E-state index contributed by atoms with van der Waals surface area (Å²) in [6.07, 6.45) is 4.94. The second-order valence-electron chi connectivity index (χ2n) is 4.62. The molecule has 0 aliphatic heterocycles. The van der Waals surface area contributed by atoms with Crippen molar-refractivity contribution in [3.8, 4) is 11.5 Å². The molecule has 2 heterocycles. The third kappa shape index (κ3) is 1.85. The number of hydrogen-bond acceptors (Lipinski definition) is 5. The van der Waals surface area contributed by atoms with Gasteiger partial charge in [-0.25, -0.2) is 0 Å². The van der Waals surface area contributed by atoms with Gasteiger partial charge in [-0.05, 0) is 40.9 Å². The van der Waals surface area contributed by atoms with Crippen molar-refractivity contribution < 1.29 is 4.52 Å². The molecule has 0 aromatic carbocycles. The molecule has 1 aliphatic rings. The average molecular weight is 309 g/mol. The first kappa shape index (κ1) is 11.8. The Morgan fingerprint density at radius 1 is 1.39 bits per heavy atom. The average Bonchev–Trinajstić information content (AvgIpc) is 2.79. The van der Waals surface area contributed by atoms with Gasteiger partial charge in [0.25, 0.3) is 0 Å². The molecule has 0 bridgehead atoms. The number of rotatable bonds is 3. The molecule has 0 unspecified atom stereocenters. The van der Waals surface area contributed by atoms with Crippen LogP contribution in [0, 0.1) is 0 Å². The van der Waals surface area contributed by atoms with Gasteiger partial charge in [0.05, 0.1) is 5.41 Å². The van der Waals surface area contributed by atoms with Gasteiger partial charge in [0.2, 0.25) is 11.7 Å². The lowest BCUT2D eigenvalue weighted by Crippen LogP contribution is -2.41. The molecule has 18 heavy (non-hydrogen) atoms.